The van der Waals surface area contributed by atoms with E-state index < -0.39 is 70.3 Å². The van der Waals surface area contributed by atoms with Crippen molar-refractivity contribution in [3.63, 3.8) is 0 Å². The fraction of sp³-hybridized carbons (Fsp3) is 0.419. The number of aromatic nitrogens is 1. The van der Waals surface area contributed by atoms with Crippen molar-refractivity contribution in [1.29, 1.82) is 5.41 Å². The second kappa shape index (κ2) is 26.9. The predicted molar refractivity (Wildman–Crippen MR) is 241 cm³/mol. The molecule has 0 bridgehead atoms. The molecule has 26 heteroatoms. The van der Waals surface area contributed by atoms with Crippen LogP contribution in [-0.4, -0.2) is 166 Å². The van der Waals surface area contributed by atoms with Gasteiger partial charge in [0, 0.05) is 35.2 Å². The molecule has 0 saturated carbocycles. The molecule has 2 aromatic carbocycles. The average Bonchev–Trinajstić information content (AvgIpc) is 3.61. The van der Waals surface area contributed by atoms with E-state index in [-0.39, 0.29) is 85.9 Å². The molecule has 1 aliphatic heterocycles. The summed E-state index contributed by atoms with van der Waals surface area (Å²) < 4.78 is 115. The van der Waals surface area contributed by atoms with Crippen molar-refractivity contribution in [2.45, 2.75) is 16.2 Å². The van der Waals surface area contributed by atoms with Gasteiger partial charge in [-0.05, 0) is 35.9 Å². The summed E-state index contributed by atoms with van der Waals surface area (Å²) in [6.45, 7) is 4.06. The van der Waals surface area contributed by atoms with Gasteiger partial charge in [0.15, 0.2) is 16.2 Å². The van der Waals surface area contributed by atoms with Crippen molar-refractivity contribution in [3.05, 3.63) is 71.6 Å². The smallest absolute Gasteiger partial charge is 0.336 e. The summed E-state index contributed by atoms with van der Waals surface area (Å²) in [4.78, 5) is 27.3. The fourth-order valence-electron chi connectivity index (χ4n) is 6.46. The number of carbonyl (C=O) groups is 2. The van der Waals surface area contributed by atoms with Crippen molar-refractivity contribution in [3.8, 4) is 34.2 Å². The number of nitrogens with zero attached hydrogens (tertiary/aromatic N) is 1. The first-order valence-corrected chi connectivity index (χ1v) is 24.1. The minimum absolute atomic E-state index is 0.0173. The van der Waals surface area contributed by atoms with Crippen LogP contribution < -0.4 is 20.7 Å². The number of anilines is 1. The Morgan fingerprint density at radius 2 is 1.13 bits per heavy atom. The Morgan fingerprint density at radius 1 is 0.638 bits per heavy atom. The first-order valence-electron chi connectivity index (χ1n) is 21.2. The maximum Gasteiger partial charge on any atom is 0.336 e. The standard InChI is InChI=1S/C43H54N4O20S2/c44-33-7-5-31-38(29-3-1-2-4-30(29)43(51)52)32-6-8-34(45)42(69(55,56)57)40(32)66-39(31)41(33)68(53,54)46-12-14-59-16-18-61-20-22-63-24-26-65-28-27-64-25-23-62-21-19-60-17-15-58-13-11-37(50)67-47-35(48)9-10-36(47)49/h1-10,45-46,48-49H,11-28,44H2,(H,51,52)(H,55,56,57). The van der Waals surface area contributed by atoms with E-state index in [9.17, 15) is 46.3 Å². The van der Waals surface area contributed by atoms with Gasteiger partial charge in [-0.1, -0.05) is 18.2 Å². The number of sulfonamides is 1. The van der Waals surface area contributed by atoms with Crippen LogP contribution in [0.15, 0.2) is 74.9 Å². The van der Waals surface area contributed by atoms with E-state index in [0.717, 1.165) is 6.07 Å². The summed E-state index contributed by atoms with van der Waals surface area (Å²) >= 11 is 0. The molecule has 24 nitrogen and oxygen atoms in total. The minimum Gasteiger partial charge on any atom is -0.492 e. The fourth-order valence-corrected chi connectivity index (χ4v) is 8.46. The van der Waals surface area contributed by atoms with Gasteiger partial charge in [0.05, 0.1) is 129 Å². The number of nitrogen functional groups attached to an aromatic ring is 1. The number of fused-ring (bicyclic) bond motifs is 2. The number of nitrogens with one attached hydrogen (secondary N) is 2. The summed E-state index contributed by atoms with van der Waals surface area (Å²) in [5.41, 5.74) is 5.36. The van der Waals surface area contributed by atoms with Crippen LogP contribution >= 0.6 is 0 Å². The Labute approximate surface area is 395 Å². The number of rotatable bonds is 33. The van der Waals surface area contributed by atoms with Gasteiger partial charge in [0.2, 0.25) is 21.8 Å². The second-order valence-electron chi connectivity index (χ2n) is 14.3. The summed E-state index contributed by atoms with van der Waals surface area (Å²) in [6, 6.07) is 13.2. The van der Waals surface area contributed by atoms with Gasteiger partial charge in [-0.15, -0.1) is 4.73 Å². The monoisotopic (exact) mass is 1010 g/mol. The highest BCUT2D eigenvalue weighted by molar-refractivity contribution is 7.90. The van der Waals surface area contributed by atoms with E-state index in [0.29, 0.717) is 70.8 Å². The van der Waals surface area contributed by atoms with Crippen molar-refractivity contribution in [1.82, 2.24) is 9.45 Å². The zero-order valence-electron chi connectivity index (χ0n) is 37.2. The predicted octanol–water partition coefficient (Wildman–Crippen LogP) is 1.88. The molecule has 8 N–H and O–H groups in total. The van der Waals surface area contributed by atoms with Gasteiger partial charge in [-0.3, -0.25) is 9.96 Å². The zero-order valence-corrected chi connectivity index (χ0v) is 38.8. The third-order valence-corrected chi connectivity index (χ3v) is 12.0. The highest BCUT2D eigenvalue weighted by Gasteiger charge is 2.32. The lowest BCUT2D eigenvalue weighted by Gasteiger charge is -2.20. The van der Waals surface area contributed by atoms with E-state index in [1.54, 1.807) is 0 Å². The third-order valence-electron chi connectivity index (χ3n) is 9.53. The highest BCUT2D eigenvalue weighted by atomic mass is 32.2. The molecule has 0 amide bonds. The van der Waals surface area contributed by atoms with Gasteiger partial charge in [-0.2, -0.15) is 8.42 Å². The van der Waals surface area contributed by atoms with E-state index in [1.807, 2.05) is 0 Å². The summed E-state index contributed by atoms with van der Waals surface area (Å²) in [5.74, 6) is -3.41. The first-order chi connectivity index (χ1) is 33.1. The summed E-state index contributed by atoms with van der Waals surface area (Å²) in [5, 5.41) is 36.5. The van der Waals surface area contributed by atoms with E-state index in [2.05, 4.69) is 4.72 Å². The van der Waals surface area contributed by atoms with Crippen molar-refractivity contribution >= 4 is 48.7 Å². The number of aromatic hydroxyl groups is 2. The normalized spacial score (nSPS) is 12.0. The first kappa shape index (κ1) is 54.2. The average molecular weight is 1010 g/mol. The SMILES string of the molecule is N=c1ccc2c(-c3ccccc3C(=O)O)c3ccc(N)c(S(=O)(=O)NCCOCCOCCOCCOCCOCCOCCOCCOCCC(=O)On4c(O)ccc4O)c3oc-2c1S(=O)(=O)O. The number of carbonyl (C=O) groups excluding carboxylic acids is 1. The number of hydrogen-bond donors (Lipinski definition) is 7. The number of carboxylic acids is 1. The lowest BCUT2D eigenvalue weighted by Crippen LogP contribution is -2.29. The number of nitrogens with two attached hydrogens (primary N) is 1. The van der Waals surface area contributed by atoms with Crippen molar-refractivity contribution in [2.24, 2.45) is 0 Å². The topological polar surface area (TPSA) is 346 Å². The molecule has 0 saturated heterocycles. The molecule has 0 fully saturated rings. The number of hydrogen-bond acceptors (Lipinski definition) is 20. The molecule has 0 radical (unpaired) electrons. The summed E-state index contributed by atoms with van der Waals surface area (Å²) in [7, 11) is -9.64. The van der Waals surface area contributed by atoms with Crippen molar-refractivity contribution in [2.75, 3.05) is 118 Å². The molecule has 2 heterocycles. The third kappa shape index (κ3) is 15.9. The molecule has 5 rings (SSSR count). The quantitative estimate of drug-likeness (QED) is 0.0136. The molecule has 3 aromatic rings. The largest absolute Gasteiger partial charge is 0.492 e. The van der Waals surface area contributed by atoms with Crippen LogP contribution in [0.5, 0.6) is 11.8 Å². The number of aromatic carboxylic acids is 1. The summed E-state index contributed by atoms with van der Waals surface area (Å²) in [6.07, 6.45) is -0.0833. The maximum absolute atomic E-state index is 13.8. The zero-order chi connectivity index (χ0) is 49.8. The maximum atomic E-state index is 13.8. The number of carboxylic acid groups (broad SMARTS) is 1. The van der Waals surface area contributed by atoms with Gasteiger partial charge in [-0.25, -0.2) is 22.7 Å². The highest BCUT2D eigenvalue weighted by Crippen LogP contribution is 2.45. The molecule has 0 spiro atoms. The number of benzene rings is 3. The molecule has 69 heavy (non-hydrogen) atoms. The lowest BCUT2D eigenvalue weighted by molar-refractivity contribution is -0.146. The molecule has 378 valence electrons. The molecule has 0 atom stereocenters. The van der Waals surface area contributed by atoms with Gasteiger partial charge in [0.25, 0.3) is 10.1 Å². The van der Waals surface area contributed by atoms with Crippen LogP contribution in [-0.2, 0) is 62.8 Å². The van der Waals surface area contributed by atoms with Crippen LogP contribution in [0, 0.1) is 5.41 Å². The van der Waals surface area contributed by atoms with Crippen LogP contribution in [0.25, 0.3) is 33.4 Å². The Hall–Kier alpha value is -5.75. The van der Waals surface area contributed by atoms with Crippen molar-refractivity contribution < 1.29 is 93.4 Å². The lowest BCUT2D eigenvalue weighted by atomic mass is 9.90. The van der Waals surface area contributed by atoms with E-state index >= 15 is 0 Å². The molecule has 1 aromatic heterocycles. The molecule has 0 unspecified atom stereocenters. The van der Waals surface area contributed by atoms with Gasteiger partial charge >= 0.3 is 11.9 Å². The van der Waals surface area contributed by atoms with Crippen LogP contribution in [0.3, 0.4) is 0 Å². The van der Waals surface area contributed by atoms with Crippen LogP contribution in [0.4, 0.5) is 5.69 Å². The number of ether oxygens (including phenoxy) is 8. The Morgan fingerprint density at radius 3 is 1.64 bits per heavy atom. The van der Waals surface area contributed by atoms with Gasteiger partial charge < -0.3 is 68.2 Å². The minimum atomic E-state index is -5.12. The Kier molecular flexibility index (Phi) is 21.1. The molecular formula is C43H54N4O20S2. The second-order valence-corrected chi connectivity index (χ2v) is 17.4. The Bertz CT molecular complexity index is 2710. The van der Waals surface area contributed by atoms with Crippen LogP contribution in [0.2, 0.25) is 0 Å². The van der Waals surface area contributed by atoms with Gasteiger partial charge in [0.1, 0.15) is 4.90 Å². The van der Waals surface area contributed by atoms with E-state index in [4.69, 9.17) is 58.3 Å². The van der Waals surface area contributed by atoms with E-state index in [1.165, 1.54) is 54.6 Å². The van der Waals surface area contributed by atoms with Crippen LogP contribution in [0.1, 0.15) is 16.8 Å². The molecule has 2 aliphatic rings. The molecule has 1 aliphatic carbocycles. The molecular weight excluding hydrogens is 957 g/mol. The Balaban J connectivity index is 0.906.